The number of carbonyl (C=O) groups excluding carboxylic acids is 3. The lowest BCUT2D eigenvalue weighted by atomic mass is 9.83. The van der Waals surface area contributed by atoms with Gasteiger partial charge in [0.05, 0.1) is 11.2 Å². The average molecular weight is 568 g/mol. The number of aromatic nitrogens is 2. The van der Waals surface area contributed by atoms with Crippen molar-refractivity contribution in [3.05, 3.63) is 82.9 Å². The number of aryl methyl sites for hydroxylation is 1. The number of hydrogen-bond donors (Lipinski definition) is 3. The van der Waals surface area contributed by atoms with Gasteiger partial charge in [0.15, 0.2) is 0 Å². The molecule has 10 heteroatoms. The highest BCUT2D eigenvalue weighted by molar-refractivity contribution is 6.06. The Morgan fingerprint density at radius 3 is 2.55 bits per heavy atom. The molecule has 9 nitrogen and oxygen atoms in total. The lowest BCUT2D eigenvalue weighted by molar-refractivity contribution is -0.123. The molecular weight excluding hydrogens is 537 g/mol. The predicted octanol–water partition coefficient (Wildman–Crippen LogP) is 4.20. The molecule has 1 fully saturated rings. The van der Waals surface area contributed by atoms with Crippen LogP contribution in [0.1, 0.15) is 47.1 Å². The summed E-state index contributed by atoms with van der Waals surface area (Å²) < 4.78 is 19.5. The van der Waals surface area contributed by atoms with Crippen LogP contribution < -0.4 is 21.1 Å². The number of nitrogens with one attached hydrogen (secondary N) is 2. The molecule has 0 radical (unpaired) electrons. The highest BCUT2D eigenvalue weighted by Crippen LogP contribution is 2.44. The molecule has 2 aliphatic rings. The van der Waals surface area contributed by atoms with Crippen LogP contribution in [-0.2, 0) is 21.4 Å². The summed E-state index contributed by atoms with van der Waals surface area (Å²) in [4.78, 5) is 47.5. The summed E-state index contributed by atoms with van der Waals surface area (Å²) in [5.41, 5.74) is 9.37. The van der Waals surface area contributed by atoms with Crippen LogP contribution in [0.3, 0.4) is 0 Å². The number of amides is 3. The number of nitrogens with two attached hydrogens (primary N) is 1. The van der Waals surface area contributed by atoms with E-state index in [2.05, 4.69) is 15.6 Å². The van der Waals surface area contributed by atoms with Crippen molar-refractivity contribution in [2.75, 3.05) is 18.5 Å². The molecule has 1 atom stereocenters. The van der Waals surface area contributed by atoms with Crippen molar-refractivity contribution >= 4 is 34.3 Å². The van der Waals surface area contributed by atoms with Gasteiger partial charge in [-0.3, -0.25) is 19.4 Å². The first-order chi connectivity index (χ1) is 20.1. The topological polar surface area (TPSA) is 136 Å². The highest BCUT2D eigenvalue weighted by atomic mass is 19.1. The summed E-state index contributed by atoms with van der Waals surface area (Å²) in [6.45, 7) is 3.91. The zero-order valence-electron chi connectivity index (χ0n) is 23.3. The van der Waals surface area contributed by atoms with E-state index in [9.17, 15) is 18.8 Å². The van der Waals surface area contributed by atoms with Gasteiger partial charge in [0, 0.05) is 52.3 Å². The van der Waals surface area contributed by atoms with Crippen LogP contribution in [0, 0.1) is 18.7 Å². The number of hydrogen-bond acceptors (Lipinski definition) is 6. The van der Waals surface area contributed by atoms with Gasteiger partial charge in [-0.2, -0.15) is 0 Å². The Morgan fingerprint density at radius 1 is 1.07 bits per heavy atom. The van der Waals surface area contributed by atoms with Gasteiger partial charge >= 0.3 is 0 Å². The van der Waals surface area contributed by atoms with Crippen molar-refractivity contribution in [2.24, 2.45) is 11.7 Å². The SMILES string of the molecule is Cc1ccc2cc(C(=O)NCCc3cc4c(c(-c5ccc(F)cc5)n3)OC[C@]4(C)C(N)=O)cc(NC(=O)C3CC3)c2n1. The van der Waals surface area contributed by atoms with Crippen molar-refractivity contribution in [1.82, 2.24) is 15.3 Å². The fourth-order valence-corrected chi connectivity index (χ4v) is 5.12. The van der Waals surface area contributed by atoms with E-state index in [1.165, 1.54) is 12.1 Å². The molecule has 1 saturated carbocycles. The number of nitrogens with zero attached hydrogens (tertiary/aromatic N) is 2. The van der Waals surface area contributed by atoms with E-state index in [0.29, 0.717) is 51.5 Å². The minimum absolute atomic E-state index is 0.00350. The number of ether oxygens (including phenoxy) is 1. The van der Waals surface area contributed by atoms with Gasteiger partial charge in [0.25, 0.3) is 5.91 Å². The minimum atomic E-state index is -1.05. The Morgan fingerprint density at radius 2 is 1.83 bits per heavy atom. The third-order valence-electron chi connectivity index (χ3n) is 7.85. The monoisotopic (exact) mass is 567 g/mol. The van der Waals surface area contributed by atoms with Crippen LogP contribution in [0.15, 0.2) is 54.6 Å². The number of anilines is 1. The molecule has 42 heavy (non-hydrogen) atoms. The molecule has 0 unspecified atom stereocenters. The first-order valence-electron chi connectivity index (χ1n) is 13.9. The van der Waals surface area contributed by atoms with Crippen molar-refractivity contribution in [1.29, 1.82) is 0 Å². The van der Waals surface area contributed by atoms with Gasteiger partial charge in [0.1, 0.15) is 29.3 Å². The highest BCUT2D eigenvalue weighted by Gasteiger charge is 2.43. The molecule has 3 heterocycles. The van der Waals surface area contributed by atoms with E-state index < -0.39 is 11.3 Å². The van der Waals surface area contributed by atoms with Crippen LogP contribution in [-0.4, -0.2) is 40.8 Å². The molecule has 4 N–H and O–H groups in total. The second-order valence-corrected chi connectivity index (χ2v) is 11.1. The normalized spacial score (nSPS) is 17.4. The quantitative estimate of drug-likeness (QED) is 0.292. The minimum Gasteiger partial charge on any atom is -0.489 e. The molecule has 1 aliphatic heterocycles. The van der Waals surface area contributed by atoms with Crippen LogP contribution in [0.2, 0.25) is 0 Å². The van der Waals surface area contributed by atoms with Gasteiger partial charge < -0.3 is 21.1 Å². The Bertz CT molecular complexity index is 1750. The number of halogens is 1. The third kappa shape index (κ3) is 5.15. The van der Waals surface area contributed by atoms with E-state index in [1.54, 1.807) is 37.3 Å². The first-order valence-corrected chi connectivity index (χ1v) is 13.9. The maximum atomic E-state index is 13.6. The summed E-state index contributed by atoms with van der Waals surface area (Å²) in [7, 11) is 0. The average Bonchev–Trinajstić information content (AvgIpc) is 3.77. The van der Waals surface area contributed by atoms with E-state index in [-0.39, 0.29) is 36.7 Å². The summed E-state index contributed by atoms with van der Waals surface area (Å²) >= 11 is 0. The lowest BCUT2D eigenvalue weighted by Gasteiger charge is -2.19. The van der Waals surface area contributed by atoms with Gasteiger partial charge in [-0.15, -0.1) is 0 Å². The van der Waals surface area contributed by atoms with Gasteiger partial charge in [-0.1, -0.05) is 6.07 Å². The van der Waals surface area contributed by atoms with E-state index in [4.69, 9.17) is 15.5 Å². The molecule has 6 rings (SSSR count). The summed E-state index contributed by atoms with van der Waals surface area (Å²) in [5.74, 6) is -0.844. The van der Waals surface area contributed by atoms with Crippen LogP contribution in [0.5, 0.6) is 5.75 Å². The first kappa shape index (κ1) is 27.3. The number of benzene rings is 2. The second kappa shape index (κ2) is 10.5. The number of primary amides is 1. The van der Waals surface area contributed by atoms with Crippen molar-refractivity contribution in [3.63, 3.8) is 0 Å². The molecule has 3 amide bonds. The lowest BCUT2D eigenvalue weighted by Crippen LogP contribution is -2.39. The summed E-state index contributed by atoms with van der Waals surface area (Å²) in [5, 5.41) is 6.63. The smallest absolute Gasteiger partial charge is 0.251 e. The van der Waals surface area contributed by atoms with E-state index in [0.717, 1.165) is 23.9 Å². The Labute approximate surface area is 241 Å². The number of carbonyl (C=O) groups is 3. The van der Waals surface area contributed by atoms with E-state index >= 15 is 0 Å². The summed E-state index contributed by atoms with van der Waals surface area (Å²) in [6, 6.07) is 14.8. The molecule has 0 bridgehead atoms. The second-order valence-electron chi connectivity index (χ2n) is 11.1. The molecule has 1 aliphatic carbocycles. The van der Waals surface area contributed by atoms with Crippen molar-refractivity contribution < 1.29 is 23.5 Å². The molecule has 214 valence electrons. The van der Waals surface area contributed by atoms with Crippen LogP contribution in [0.4, 0.5) is 10.1 Å². The Kier molecular flexibility index (Phi) is 6.84. The number of pyridine rings is 2. The van der Waals surface area contributed by atoms with Crippen LogP contribution in [0.25, 0.3) is 22.2 Å². The molecular formula is C32H30FN5O4. The van der Waals surface area contributed by atoms with Crippen LogP contribution >= 0.6 is 0 Å². The third-order valence-corrected chi connectivity index (χ3v) is 7.85. The molecule has 2 aromatic heterocycles. The fraction of sp³-hybridized carbons (Fsp3) is 0.281. The standard InChI is InChI=1S/C32H30FN5O4/c1-17-3-4-20-13-21(14-25(26(20)36-17)38-30(40)19-5-6-19)29(39)35-12-11-23-15-24-28(42-16-32(24,2)31(34)41)27(37-23)18-7-9-22(33)10-8-18/h3-4,7-10,13-15,19H,5-6,11-12,16H2,1-2H3,(H2,34,41)(H,35,39)(H,38,40)/t32-/m0/s1. The molecule has 0 saturated heterocycles. The van der Waals surface area contributed by atoms with Gasteiger partial charge in [-0.25, -0.2) is 9.37 Å². The maximum Gasteiger partial charge on any atom is 0.251 e. The fourth-order valence-electron chi connectivity index (χ4n) is 5.12. The number of rotatable bonds is 8. The molecule has 4 aromatic rings. The van der Waals surface area contributed by atoms with E-state index in [1.807, 2.05) is 19.1 Å². The van der Waals surface area contributed by atoms with Gasteiger partial charge in [-0.05, 0) is 75.2 Å². The largest absolute Gasteiger partial charge is 0.489 e. The molecule has 2 aromatic carbocycles. The number of fused-ring (bicyclic) bond motifs is 2. The van der Waals surface area contributed by atoms with Crippen molar-refractivity contribution in [2.45, 2.75) is 38.5 Å². The predicted molar refractivity (Wildman–Crippen MR) is 156 cm³/mol. The maximum absolute atomic E-state index is 13.6. The molecule has 0 spiro atoms. The zero-order chi connectivity index (χ0) is 29.6. The Hall–Kier alpha value is -4.86. The zero-order valence-corrected chi connectivity index (χ0v) is 23.3. The van der Waals surface area contributed by atoms with Gasteiger partial charge in [0.2, 0.25) is 11.8 Å². The van der Waals surface area contributed by atoms with Crippen molar-refractivity contribution in [3.8, 4) is 17.0 Å². The summed E-state index contributed by atoms with van der Waals surface area (Å²) in [6.07, 6.45) is 2.07. The Balaban J connectivity index is 1.25.